The Balaban J connectivity index is 0. The number of rotatable bonds is 2. The first-order valence-corrected chi connectivity index (χ1v) is 5.37. The summed E-state index contributed by atoms with van der Waals surface area (Å²) in [4.78, 5) is 9.89. The van der Waals surface area contributed by atoms with Crippen LogP contribution >= 0.6 is 0 Å². The van der Waals surface area contributed by atoms with Gasteiger partial charge >= 0.3 is 0 Å². The number of hydrogen-bond donors (Lipinski definition) is 0. The van der Waals surface area contributed by atoms with Gasteiger partial charge in [0.2, 0.25) is 0 Å². The Kier molecular flexibility index (Phi) is 7.22. The number of aliphatic carboxylic acids is 1. The van der Waals surface area contributed by atoms with Crippen LogP contribution in [0.15, 0.2) is 0 Å². The maximum absolute atomic E-state index is 9.89. The van der Waals surface area contributed by atoms with Crippen LogP contribution in [0.1, 0.15) is 0 Å². The first kappa shape index (κ1) is 14.1. The zero-order chi connectivity index (χ0) is 10.4. The molecule has 0 aliphatic carbocycles. The molecule has 0 aromatic heterocycles. The third-order valence-corrected chi connectivity index (χ3v) is 0.603. The van der Waals surface area contributed by atoms with Crippen molar-refractivity contribution in [3.8, 4) is 0 Å². The van der Waals surface area contributed by atoms with Gasteiger partial charge in [-0.05, 0) is 0 Å². The molecule has 0 aliphatic heterocycles. The standard InChI is InChI=1S/C5H11NO2.C2H6OS/c1-6(2,3)4-5(7)8;1-4(2)3/h4H2,1-3H3;1-2H3. The molecule has 5 heteroatoms. The third-order valence-electron chi connectivity index (χ3n) is 0.603. The van der Waals surface area contributed by atoms with Gasteiger partial charge in [-0.25, -0.2) is 0 Å². The summed E-state index contributed by atoms with van der Waals surface area (Å²) in [5.41, 5.74) is 0. The van der Waals surface area contributed by atoms with Gasteiger partial charge in [0.15, 0.2) is 0 Å². The number of quaternary nitrogens is 1. The molecule has 4 nitrogen and oxygen atoms in total. The van der Waals surface area contributed by atoms with Crippen molar-refractivity contribution in [2.45, 2.75) is 0 Å². The minimum absolute atomic E-state index is 0.0694. The van der Waals surface area contributed by atoms with E-state index in [4.69, 9.17) is 0 Å². The van der Waals surface area contributed by atoms with Crippen LogP contribution in [0.3, 0.4) is 0 Å². The van der Waals surface area contributed by atoms with Gasteiger partial charge in [0.05, 0.1) is 27.1 Å². The Morgan fingerprint density at radius 3 is 1.58 bits per heavy atom. The summed E-state index contributed by atoms with van der Waals surface area (Å²) in [6, 6.07) is 0. The van der Waals surface area contributed by atoms with Crippen molar-refractivity contribution in [2.75, 3.05) is 40.2 Å². The molecule has 0 rings (SSSR count). The molecule has 0 aromatic rings. The van der Waals surface area contributed by atoms with Crippen molar-refractivity contribution in [1.29, 1.82) is 0 Å². The molecule has 0 radical (unpaired) electrons. The molecule has 0 saturated heterocycles. The normalized spacial score (nSPS) is 10.5. The van der Waals surface area contributed by atoms with Crippen molar-refractivity contribution in [3.05, 3.63) is 0 Å². The quantitative estimate of drug-likeness (QED) is 0.501. The van der Waals surface area contributed by atoms with Crippen LogP contribution in [0, 0.1) is 0 Å². The van der Waals surface area contributed by atoms with Crippen LogP contribution < -0.4 is 5.11 Å². The second-order valence-electron chi connectivity index (χ2n) is 3.56. The van der Waals surface area contributed by atoms with E-state index >= 15 is 0 Å². The molecule has 0 atom stereocenters. The van der Waals surface area contributed by atoms with E-state index in [-0.39, 0.29) is 6.54 Å². The molecular weight excluding hydrogens is 178 g/mol. The first-order chi connectivity index (χ1) is 5.15. The predicted octanol–water partition coefficient (Wildman–Crippen LogP) is -1.56. The van der Waals surface area contributed by atoms with Gasteiger partial charge in [-0.2, -0.15) is 0 Å². The highest BCUT2D eigenvalue weighted by Gasteiger charge is 2.04. The van der Waals surface area contributed by atoms with Crippen LogP contribution in [-0.4, -0.2) is 54.9 Å². The molecule has 0 bridgehead atoms. The van der Waals surface area contributed by atoms with Crippen LogP contribution in [0.25, 0.3) is 0 Å². The lowest BCUT2D eigenvalue weighted by molar-refractivity contribution is -0.864. The number of carboxylic acid groups (broad SMARTS) is 1. The Hall–Kier alpha value is -0.420. The van der Waals surface area contributed by atoms with Crippen molar-refractivity contribution in [1.82, 2.24) is 0 Å². The average Bonchev–Trinajstić information content (AvgIpc) is 1.52. The number of hydrogen-bond acceptors (Lipinski definition) is 3. The van der Waals surface area contributed by atoms with E-state index in [9.17, 15) is 14.1 Å². The Morgan fingerprint density at radius 1 is 1.33 bits per heavy atom. The molecule has 0 heterocycles. The fraction of sp³-hybridized carbons (Fsp3) is 0.857. The third kappa shape index (κ3) is 33.6. The molecular formula is C7H17NO3S. The predicted molar refractivity (Wildman–Crippen MR) is 47.9 cm³/mol. The minimum Gasteiger partial charge on any atom is -0.544 e. The number of carbonyl (C=O) groups is 1. The molecule has 0 aromatic carbocycles. The Bertz CT molecular complexity index is 159. The Morgan fingerprint density at radius 2 is 1.58 bits per heavy atom. The number of nitrogens with zero attached hydrogens (tertiary/aromatic N) is 1. The highest BCUT2D eigenvalue weighted by molar-refractivity contribution is 7.83. The molecule has 0 fully saturated rings. The second kappa shape index (κ2) is 6.14. The van der Waals surface area contributed by atoms with E-state index in [1.165, 1.54) is 0 Å². The van der Waals surface area contributed by atoms with E-state index in [0.29, 0.717) is 4.48 Å². The van der Waals surface area contributed by atoms with Crippen molar-refractivity contribution >= 4 is 16.8 Å². The summed E-state index contributed by atoms with van der Waals surface area (Å²) in [7, 11) is 4.79. The van der Waals surface area contributed by atoms with Gasteiger partial charge in [0.25, 0.3) is 0 Å². The van der Waals surface area contributed by atoms with Gasteiger partial charge in [-0.1, -0.05) is 0 Å². The molecule has 12 heavy (non-hydrogen) atoms. The SMILES string of the molecule is CS(C)=O.C[N+](C)(C)CC(=O)[O-]. The number of carbonyl (C=O) groups excluding carboxylic acids is 1. The first-order valence-electron chi connectivity index (χ1n) is 3.40. The number of carboxylic acids is 1. The average molecular weight is 195 g/mol. The zero-order valence-electron chi connectivity index (χ0n) is 8.29. The molecule has 74 valence electrons. The Labute approximate surface area is 76.2 Å². The highest BCUT2D eigenvalue weighted by Crippen LogP contribution is 1.84. The van der Waals surface area contributed by atoms with Crippen molar-refractivity contribution in [2.24, 2.45) is 0 Å². The van der Waals surface area contributed by atoms with Crippen LogP contribution in [-0.2, 0) is 15.6 Å². The van der Waals surface area contributed by atoms with E-state index in [1.807, 2.05) is 0 Å². The highest BCUT2D eigenvalue weighted by atomic mass is 32.2. The van der Waals surface area contributed by atoms with Gasteiger partial charge in [0.1, 0.15) is 6.54 Å². The summed E-state index contributed by atoms with van der Waals surface area (Å²) in [6.07, 6.45) is 3.28. The van der Waals surface area contributed by atoms with Crippen LogP contribution in [0.2, 0.25) is 0 Å². The molecule has 0 saturated carbocycles. The smallest absolute Gasteiger partial charge is 0.118 e. The summed E-state index contributed by atoms with van der Waals surface area (Å²) >= 11 is 0. The van der Waals surface area contributed by atoms with Gasteiger partial charge < -0.3 is 14.4 Å². The zero-order valence-corrected chi connectivity index (χ0v) is 9.10. The second-order valence-corrected chi connectivity index (χ2v) is 5.05. The largest absolute Gasteiger partial charge is 0.544 e. The van der Waals surface area contributed by atoms with Gasteiger partial charge in [0, 0.05) is 23.3 Å². The van der Waals surface area contributed by atoms with E-state index in [0.717, 1.165) is 0 Å². The maximum Gasteiger partial charge on any atom is 0.118 e. The van der Waals surface area contributed by atoms with E-state index in [1.54, 1.807) is 33.7 Å². The molecule has 0 spiro atoms. The van der Waals surface area contributed by atoms with E-state index < -0.39 is 16.8 Å². The fourth-order valence-electron chi connectivity index (χ4n) is 0.387. The lowest BCUT2D eigenvalue weighted by atomic mass is 10.5. The van der Waals surface area contributed by atoms with E-state index in [2.05, 4.69) is 0 Å². The van der Waals surface area contributed by atoms with Crippen LogP contribution in [0.4, 0.5) is 0 Å². The molecule has 0 unspecified atom stereocenters. The summed E-state index contributed by atoms with van der Waals surface area (Å²) < 4.78 is 9.97. The minimum atomic E-state index is -1.00. The maximum atomic E-state index is 9.89. The topological polar surface area (TPSA) is 57.2 Å². The van der Waals surface area contributed by atoms with Crippen molar-refractivity contribution < 1.29 is 18.6 Å². The monoisotopic (exact) mass is 195 g/mol. The summed E-state index contributed by atoms with van der Waals surface area (Å²) in [5.74, 6) is -1.00. The van der Waals surface area contributed by atoms with Gasteiger partial charge in [-0.3, -0.25) is 4.21 Å². The van der Waals surface area contributed by atoms with Crippen molar-refractivity contribution in [3.63, 3.8) is 0 Å². The molecule has 0 aliphatic rings. The fourth-order valence-corrected chi connectivity index (χ4v) is 0.387. The summed E-state index contributed by atoms with van der Waals surface area (Å²) in [6.45, 7) is 0.0694. The molecule has 0 amide bonds. The van der Waals surface area contributed by atoms with Gasteiger partial charge in [-0.15, -0.1) is 0 Å². The summed E-state index contributed by atoms with van der Waals surface area (Å²) in [5, 5.41) is 9.89. The van der Waals surface area contributed by atoms with Crippen LogP contribution in [0.5, 0.6) is 0 Å². The lowest BCUT2D eigenvalue weighted by Gasteiger charge is -2.23. The lowest BCUT2D eigenvalue weighted by Crippen LogP contribution is -2.45. The number of likely N-dealkylation sites (N-methyl/N-ethyl adjacent to an activating group) is 1. The molecule has 0 N–H and O–H groups in total.